The molecule has 6 heteroatoms. The topological polar surface area (TPSA) is 58.0 Å². The molecule has 26 heavy (non-hydrogen) atoms. The fourth-order valence-corrected chi connectivity index (χ4v) is 3.18. The molecule has 2 heterocycles. The van der Waals surface area contributed by atoms with Crippen molar-refractivity contribution in [3.63, 3.8) is 0 Å². The van der Waals surface area contributed by atoms with Gasteiger partial charge in [0.2, 0.25) is 0 Å². The molecular formula is C20H27N3O3. The molecule has 3 rings (SSSR count). The normalized spacial score (nSPS) is 15.2. The maximum Gasteiger partial charge on any atom is 0.286 e. The molecule has 1 saturated heterocycles. The van der Waals surface area contributed by atoms with Crippen LogP contribution < -0.4 is 10.2 Å². The molecule has 1 fully saturated rings. The van der Waals surface area contributed by atoms with E-state index in [1.54, 1.807) is 19.2 Å². The quantitative estimate of drug-likeness (QED) is 0.735. The number of para-hydroxylation sites is 1. The fraction of sp³-hybridized carbons (Fsp3) is 0.450. The van der Waals surface area contributed by atoms with E-state index in [1.165, 1.54) is 5.69 Å². The van der Waals surface area contributed by atoms with E-state index >= 15 is 0 Å². The monoisotopic (exact) mass is 357 g/mol. The molecule has 0 bridgehead atoms. The Bertz CT molecular complexity index is 679. The van der Waals surface area contributed by atoms with E-state index in [4.69, 9.17) is 9.15 Å². The summed E-state index contributed by atoms with van der Waals surface area (Å²) in [4.78, 5) is 16.9. The second-order valence-corrected chi connectivity index (χ2v) is 6.47. The van der Waals surface area contributed by atoms with E-state index in [1.807, 2.05) is 0 Å². The molecule has 1 aromatic carbocycles. The number of anilines is 1. The summed E-state index contributed by atoms with van der Waals surface area (Å²) in [7, 11) is 1.60. The average Bonchev–Trinajstić information content (AvgIpc) is 3.15. The number of methoxy groups -OCH3 is 1. The molecule has 1 amide bonds. The summed E-state index contributed by atoms with van der Waals surface area (Å²) in [5.74, 6) is 0.837. The van der Waals surface area contributed by atoms with Crippen LogP contribution in [0.15, 0.2) is 46.9 Å². The summed E-state index contributed by atoms with van der Waals surface area (Å²) in [6, 6.07) is 14.0. The molecule has 1 aliphatic rings. The van der Waals surface area contributed by atoms with Crippen LogP contribution in [-0.2, 0) is 11.3 Å². The summed E-state index contributed by atoms with van der Waals surface area (Å²) >= 11 is 0. The summed E-state index contributed by atoms with van der Waals surface area (Å²) in [6.45, 7) is 6.23. The number of rotatable bonds is 8. The first-order valence-corrected chi connectivity index (χ1v) is 9.14. The molecule has 6 nitrogen and oxygen atoms in total. The van der Waals surface area contributed by atoms with Crippen LogP contribution in [0.2, 0.25) is 0 Å². The lowest BCUT2D eigenvalue weighted by atomic mass is 10.2. The van der Waals surface area contributed by atoms with Crippen molar-refractivity contribution in [2.75, 3.05) is 51.3 Å². The number of hydrogen-bond donors (Lipinski definition) is 1. The van der Waals surface area contributed by atoms with Crippen LogP contribution >= 0.6 is 0 Å². The number of hydrogen-bond acceptors (Lipinski definition) is 5. The van der Waals surface area contributed by atoms with Crippen LogP contribution in [0.4, 0.5) is 5.69 Å². The van der Waals surface area contributed by atoms with Crippen LogP contribution in [0.1, 0.15) is 22.7 Å². The molecule has 0 unspecified atom stereocenters. The molecule has 2 aromatic rings. The Labute approximate surface area is 154 Å². The van der Waals surface area contributed by atoms with Crippen LogP contribution in [-0.4, -0.2) is 57.2 Å². The van der Waals surface area contributed by atoms with E-state index in [2.05, 4.69) is 45.4 Å². The second-order valence-electron chi connectivity index (χ2n) is 6.47. The van der Waals surface area contributed by atoms with Crippen molar-refractivity contribution in [1.29, 1.82) is 0 Å². The summed E-state index contributed by atoms with van der Waals surface area (Å²) < 4.78 is 10.4. The van der Waals surface area contributed by atoms with Gasteiger partial charge in [-0.1, -0.05) is 18.2 Å². The number of carbonyl (C=O) groups excluding carboxylic acids is 1. The number of furan rings is 1. The maximum absolute atomic E-state index is 12.0. The molecule has 0 aliphatic carbocycles. The highest BCUT2D eigenvalue weighted by Gasteiger charge is 2.17. The first-order chi connectivity index (χ1) is 12.8. The van der Waals surface area contributed by atoms with E-state index in [9.17, 15) is 4.79 Å². The zero-order chi connectivity index (χ0) is 18.2. The number of nitrogens with one attached hydrogen (secondary N) is 1. The lowest BCUT2D eigenvalue weighted by Crippen LogP contribution is -2.47. The first-order valence-electron chi connectivity index (χ1n) is 9.14. The van der Waals surface area contributed by atoms with Gasteiger partial charge >= 0.3 is 0 Å². The number of benzene rings is 1. The third-order valence-electron chi connectivity index (χ3n) is 4.60. The van der Waals surface area contributed by atoms with Gasteiger partial charge in [0.05, 0.1) is 0 Å². The number of ether oxygens (including phenoxy) is 1. The largest absolute Gasteiger partial charge is 0.453 e. The van der Waals surface area contributed by atoms with Crippen molar-refractivity contribution in [2.45, 2.75) is 13.0 Å². The van der Waals surface area contributed by atoms with Crippen molar-refractivity contribution in [1.82, 2.24) is 10.2 Å². The Kier molecular flexibility index (Phi) is 6.68. The summed E-state index contributed by atoms with van der Waals surface area (Å²) in [6.07, 6.45) is 0.933. The van der Waals surface area contributed by atoms with E-state index in [0.717, 1.165) is 39.1 Å². The molecule has 1 aromatic heterocycles. The Balaban J connectivity index is 1.32. The number of nitrogens with zero attached hydrogens (tertiary/aromatic N) is 2. The maximum atomic E-state index is 12.0. The number of piperazine rings is 1. The molecule has 0 atom stereocenters. The van der Waals surface area contributed by atoms with Gasteiger partial charge in [0.25, 0.3) is 5.91 Å². The second kappa shape index (κ2) is 9.40. The van der Waals surface area contributed by atoms with Gasteiger partial charge in [-0.3, -0.25) is 9.69 Å². The van der Waals surface area contributed by atoms with Crippen molar-refractivity contribution in [3.8, 4) is 0 Å². The Morgan fingerprint density at radius 1 is 1.12 bits per heavy atom. The predicted molar refractivity (Wildman–Crippen MR) is 101 cm³/mol. The molecule has 140 valence electrons. The SMILES string of the molecule is COCc1ccc(C(=O)NCCCN2CCN(c3ccccc3)CC2)o1. The van der Waals surface area contributed by atoms with Crippen molar-refractivity contribution in [3.05, 3.63) is 54.0 Å². The zero-order valence-electron chi connectivity index (χ0n) is 15.3. The fourth-order valence-electron chi connectivity index (χ4n) is 3.18. The van der Waals surface area contributed by atoms with Gasteiger partial charge in [-0.25, -0.2) is 0 Å². The van der Waals surface area contributed by atoms with Gasteiger partial charge < -0.3 is 19.4 Å². The van der Waals surface area contributed by atoms with Gasteiger partial charge in [0.15, 0.2) is 5.76 Å². The van der Waals surface area contributed by atoms with Gasteiger partial charge in [-0.05, 0) is 37.2 Å². The molecule has 1 N–H and O–H groups in total. The zero-order valence-corrected chi connectivity index (χ0v) is 15.3. The molecule has 1 aliphatic heterocycles. The van der Waals surface area contributed by atoms with Crippen LogP contribution in [0.5, 0.6) is 0 Å². The number of carbonyl (C=O) groups is 1. The minimum atomic E-state index is -0.166. The summed E-state index contributed by atoms with van der Waals surface area (Å²) in [5, 5.41) is 2.92. The highest BCUT2D eigenvalue weighted by atomic mass is 16.5. The molecular weight excluding hydrogens is 330 g/mol. The lowest BCUT2D eigenvalue weighted by Gasteiger charge is -2.36. The molecule has 0 spiro atoms. The molecule has 0 radical (unpaired) electrons. The van der Waals surface area contributed by atoms with Crippen molar-refractivity contribution < 1.29 is 13.9 Å². The van der Waals surface area contributed by atoms with Crippen LogP contribution in [0, 0.1) is 0 Å². The van der Waals surface area contributed by atoms with E-state index in [0.29, 0.717) is 24.7 Å². The average molecular weight is 357 g/mol. The van der Waals surface area contributed by atoms with Crippen molar-refractivity contribution in [2.24, 2.45) is 0 Å². The van der Waals surface area contributed by atoms with Crippen molar-refractivity contribution >= 4 is 11.6 Å². The van der Waals surface area contributed by atoms with Gasteiger partial charge in [0.1, 0.15) is 12.4 Å². The highest BCUT2D eigenvalue weighted by molar-refractivity contribution is 5.91. The van der Waals surface area contributed by atoms with Gasteiger partial charge in [0, 0.05) is 45.5 Å². The smallest absolute Gasteiger partial charge is 0.286 e. The minimum Gasteiger partial charge on any atom is -0.453 e. The van der Waals surface area contributed by atoms with E-state index < -0.39 is 0 Å². The van der Waals surface area contributed by atoms with Gasteiger partial charge in [-0.2, -0.15) is 0 Å². The summed E-state index contributed by atoms with van der Waals surface area (Å²) in [5.41, 5.74) is 1.30. The van der Waals surface area contributed by atoms with E-state index in [-0.39, 0.29) is 5.91 Å². The first kappa shape index (κ1) is 18.5. The van der Waals surface area contributed by atoms with Crippen LogP contribution in [0.25, 0.3) is 0 Å². The Hall–Kier alpha value is -2.31. The standard InChI is InChI=1S/C20H27N3O3/c1-25-16-18-8-9-19(26-18)20(24)21-10-5-11-22-12-14-23(15-13-22)17-6-3-2-4-7-17/h2-4,6-9H,5,10-16H2,1H3,(H,21,24). The lowest BCUT2D eigenvalue weighted by molar-refractivity contribution is 0.0915. The predicted octanol–water partition coefficient (Wildman–Crippen LogP) is 2.37. The third-order valence-corrected chi connectivity index (χ3v) is 4.60. The Morgan fingerprint density at radius 2 is 1.88 bits per heavy atom. The third kappa shape index (κ3) is 5.09. The highest BCUT2D eigenvalue weighted by Crippen LogP contribution is 2.15. The Morgan fingerprint density at radius 3 is 2.62 bits per heavy atom. The molecule has 0 saturated carbocycles. The minimum absolute atomic E-state index is 0.166. The van der Waals surface area contributed by atoms with Crippen LogP contribution in [0.3, 0.4) is 0 Å². The number of amides is 1. The van der Waals surface area contributed by atoms with Gasteiger partial charge in [-0.15, -0.1) is 0 Å².